The number of nitrogens with one attached hydrogen (secondary N) is 2. The summed E-state index contributed by atoms with van der Waals surface area (Å²) >= 11 is 11.8. The maximum atomic E-state index is 12.4. The number of benzene rings is 2. The van der Waals surface area contributed by atoms with Crippen LogP contribution in [0.2, 0.25) is 10.0 Å². The number of hydrogen-bond acceptors (Lipinski definition) is 3. The molecule has 0 aliphatic carbocycles. The van der Waals surface area contributed by atoms with Gasteiger partial charge in [0, 0.05) is 28.7 Å². The summed E-state index contributed by atoms with van der Waals surface area (Å²) in [5.41, 5.74) is 1.96. The molecule has 0 aliphatic rings. The predicted molar refractivity (Wildman–Crippen MR) is 100 cm³/mol. The molecule has 1 aromatic heterocycles. The third-order valence-electron chi connectivity index (χ3n) is 3.84. The second-order valence-electron chi connectivity index (χ2n) is 5.45. The van der Waals surface area contributed by atoms with E-state index in [1.165, 1.54) is 12.1 Å². The average molecular weight is 399 g/mol. The highest BCUT2D eigenvalue weighted by Crippen LogP contribution is 2.26. The van der Waals surface area contributed by atoms with Crippen LogP contribution in [0, 0.1) is 0 Å². The van der Waals surface area contributed by atoms with Crippen molar-refractivity contribution in [3.05, 3.63) is 58.2 Å². The van der Waals surface area contributed by atoms with E-state index in [-0.39, 0.29) is 16.5 Å². The molecule has 2 aromatic carbocycles. The molecule has 0 saturated heterocycles. The summed E-state index contributed by atoms with van der Waals surface area (Å²) in [7, 11) is -2.13. The van der Waals surface area contributed by atoms with Crippen LogP contribution < -0.4 is 9.46 Å². The Morgan fingerprint density at radius 1 is 1.16 bits per heavy atom. The summed E-state index contributed by atoms with van der Waals surface area (Å²) in [6.45, 7) is 0.231. The molecule has 8 heteroatoms. The molecule has 0 saturated carbocycles. The third kappa shape index (κ3) is 3.93. The summed E-state index contributed by atoms with van der Waals surface area (Å²) in [6.07, 6.45) is 2.38. The molecular formula is C17H16Cl2N2O3S. The topological polar surface area (TPSA) is 71.2 Å². The predicted octanol–water partition coefficient (Wildman–Crippen LogP) is 4.00. The van der Waals surface area contributed by atoms with E-state index in [1.807, 2.05) is 24.4 Å². The van der Waals surface area contributed by atoms with Crippen molar-refractivity contribution in [1.82, 2.24) is 9.71 Å². The molecule has 132 valence electrons. The smallest absolute Gasteiger partial charge is 0.242 e. The Kier molecular flexibility index (Phi) is 5.24. The van der Waals surface area contributed by atoms with E-state index in [0.717, 1.165) is 22.2 Å². The van der Waals surface area contributed by atoms with E-state index in [1.54, 1.807) is 13.2 Å². The van der Waals surface area contributed by atoms with E-state index >= 15 is 0 Å². The van der Waals surface area contributed by atoms with Crippen molar-refractivity contribution >= 4 is 44.1 Å². The molecule has 2 N–H and O–H groups in total. The van der Waals surface area contributed by atoms with Gasteiger partial charge < -0.3 is 9.72 Å². The first-order valence-corrected chi connectivity index (χ1v) is 9.73. The SMILES string of the molecule is COc1ccc2[nH]cc(CCNS(=O)(=O)c3cc(Cl)ccc3Cl)c2c1. The molecule has 0 amide bonds. The molecule has 0 spiro atoms. The van der Waals surface area contributed by atoms with Gasteiger partial charge in [-0.2, -0.15) is 0 Å². The zero-order valence-electron chi connectivity index (χ0n) is 13.3. The normalized spacial score (nSPS) is 11.8. The molecule has 3 rings (SSSR count). The lowest BCUT2D eigenvalue weighted by Crippen LogP contribution is -2.26. The summed E-state index contributed by atoms with van der Waals surface area (Å²) in [5.74, 6) is 0.750. The summed E-state index contributed by atoms with van der Waals surface area (Å²) < 4.78 is 32.6. The Balaban J connectivity index is 1.75. The second kappa shape index (κ2) is 7.25. The molecule has 0 bridgehead atoms. The lowest BCUT2D eigenvalue weighted by atomic mass is 10.1. The Morgan fingerprint density at radius 3 is 2.72 bits per heavy atom. The fourth-order valence-electron chi connectivity index (χ4n) is 2.57. The lowest BCUT2D eigenvalue weighted by Gasteiger charge is -2.08. The molecule has 0 aliphatic heterocycles. The number of hydrogen-bond donors (Lipinski definition) is 2. The largest absolute Gasteiger partial charge is 0.497 e. The van der Waals surface area contributed by atoms with Crippen LogP contribution >= 0.6 is 23.2 Å². The van der Waals surface area contributed by atoms with Gasteiger partial charge >= 0.3 is 0 Å². The number of sulfonamides is 1. The summed E-state index contributed by atoms with van der Waals surface area (Å²) in [4.78, 5) is 3.14. The quantitative estimate of drug-likeness (QED) is 0.658. The van der Waals surface area contributed by atoms with E-state index in [2.05, 4.69) is 9.71 Å². The van der Waals surface area contributed by atoms with Crippen LogP contribution in [0.1, 0.15) is 5.56 Å². The minimum Gasteiger partial charge on any atom is -0.497 e. The molecule has 25 heavy (non-hydrogen) atoms. The highest BCUT2D eigenvalue weighted by Gasteiger charge is 2.18. The van der Waals surface area contributed by atoms with Crippen molar-refractivity contribution in [2.24, 2.45) is 0 Å². The third-order valence-corrected chi connectivity index (χ3v) is 6.02. The van der Waals surface area contributed by atoms with Gasteiger partial charge in [0.25, 0.3) is 0 Å². The van der Waals surface area contributed by atoms with Crippen LogP contribution in [0.3, 0.4) is 0 Å². The molecule has 3 aromatic rings. The fraction of sp³-hybridized carbons (Fsp3) is 0.176. The standard InChI is InChI=1S/C17H16Cl2N2O3S/c1-24-13-3-5-16-14(9-13)11(10-20-16)6-7-21-25(22,23)17-8-12(18)2-4-15(17)19/h2-5,8-10,20-21H,6-7H2,1H3. The molecular weight excluding hydrogens is 383 g/mol. The van der Waals surface area contributed by atoms with Gasteiger partial charge in [-0.3, -0.25) is 0 Å². The van der Waals surface area contributed by atoms with E-state index in [0.29, 0.717) is 11.4 Å². The molecule has 0 radical (unpaired) electrons. The summed E-state index contributed by atoms with van der Waals surface area (Å²) in [6, 6.07) is 10.1. The van der Waals surface area contributed by atoms with Crippen LogP contribution in [-0.2, 0) is 16.4 Å². The Labute approximate surface area is 156 Å². The fourth-order valence-corrected chi connectivity index (χ4v) is 4.36. The van der Waals surface area contributed by atoms with Gasteiger partial charge in [-0.05, 0) is 48.4 Å². The number of fused-ring (bicyclic) bond motifs is 1. The maximum absolute atomic E-state index is 12.4. The van der Waals surface area contributed by atoms with Crippen molar-refractivity contribution in [2.45, 2.75) is 11.3 Å². The zero-order chi connectivity index (χ0) is 18.0. The number of halogens is 2. The van der Waals surface area contributed by atoms with Gasteiger partial charge in [0.2, 0.25) is 10.0 Å². The van der Waals surface area contributed by atoms with E-state index in [4.69, 9.17) is 27.9 Å². The molecule has 0 atom stereocenters. The van der Waals surface area contributed by atoms with Crippen molar-refractivity contribution in [1.29, 1.82) is 0 Å². The minimum absolute atomic E-state index is 0.0257. The van der Waals surface area contributed by atoms with Gasteiger partial charge in [-0.15, -0.1) is 0 Å². The van der Waals surface area contributed by atoms with Gasteiger partial charge in [0.05, 0.1) is 12.1 Å². The Bertz CT molecular complexity index is 1020. The number of aromatic nitrogens is 1. The van der Waals surface area contributed by atoms with E-state index < -0.39 is 10.0 Å². The highest BCUT2D eigenvalue weighted by molar-refractivity contribution is 7.89. The first-order valence-electron chi connectivity index (χ1n) is 7.49. The van der Waals surface area contributed by atoms with Crippen molar-refractivity contribution < 1.29 is 13.2 Å². The van der Waals surface area contributed by atoms with E-state index in [9.17, 15) is 8.42 Å². The Morgan fingerprint density at radius 2 is 1.96 bits per heavy atom. The van der Waals surface area contributed by atoms with Crippen molar-refractivity contribution in [3.63, 3.8) is 0 Å². The van der Waals surface area contributed by atoms with Gasteiger partial charge in [0.1, 0.15) is 10.6 Å². The number of H-pyrrole nitrogens is 1. The minimum atomic E-state index is -3.73. The lowest BCUT2D eigenvalue weighted by molar-refractivity contribution is 0.415. The van der Waals surface area contributed by atoms with Crippen LogP contribution in [0.5, 0.6) is 5.75 Å². The molecule has 0 unspecified atom stereocenters. The monoisotopic (exact) mass is 398 g/mol. The number of rotatable bonds is 6. The average Bonchev–Trinajstić information content (AvgIpc) is 2.99. The number of aromatic amines is 1. The number of methoxy groups -OCH3 is 1. The molecule has 0 fully saturated rings. The van der Waals surface area contributed by atoms with Crippen molar-refractivity contribution in [3.8, 4) is 5.75 Å². The summed E-state index contributed by atoms with van der Waals surface area (Å²) in [5, 5.41) is 1.45. The second-order valence-corrected chi connectivity index (χ2v) is 8.03. The first-order chi connectivity index (χ1) is 11.9. The highest BCUT2D eigenvalue weighted by atomic mass is 35.5. The Hall–Kier alpha value is -1.73. The van der Waals surface area contributed by atoms with Gasteiger partial charge in [-0.25, -0.2) is 13.1 Å². The molecule has 5 nitrogen and oxygen atoms in total. The van der Waals surface area contributed by atoms with Crippen LogP contribution in [0.25, 0.3) is 10.9 Å². The van der Waals surface area contributed by atoms with Crippen LogP contribution in [0.4, 0.5) is 0 Å². The van der Waals surface area contributed by atoms with Gasteiger partial charge in [0.15, 0.2) is 0 Å². The van der Waals surface area contributed by atoms with Gasteiger partial charge in [-0.1, -0.05) is 23.2 Å². The van der Waals surface area contributed by atoms with Crippen molar-refractivity contribution in [2.75, 3.05) is 13.7 Å². The van der Waals surface area contributed by atoms with Crippen LogP contribution in [-0.4, -0.2) is 27.1 Å². The zero-order valence-corrected chi connectivity index (χ0v) is 15.7. The van der Waals surface area contributed by atoms with Crippen LogP contribution in [0.15, 0.2) is 47.5 Å². The first kappa shape index (κ1) is 18.1. The number of ether oxygens (including phenoxy) is 1. The molecule has 1 heterocycles. The maximum Gasteiger partial charge on any atom is 0.242 e.